The zero-order valence-electron chi connectivity index (χ0n) is 65.5. The predicted octanol–water partition coefficient (Wildman–Crippen LogP) is 15.2. The van der Waals surface area contributed by atoms with Gasteiger partial charge in [-0.25, -0.2) is 0 Å². The third-order valence-corrected chi connectivity index (χ3v) is 21.3. The SMILES string of the molecule is CCCCCCCCCC/C=C\CCCCCCCCCCCCCCCCCCCCCCCCCCCC(=O)NC(COC1OC(CO)C(OC2OC(CO)C(OC3OC(CO)C(O)C(O)C3O)C(O)C2O)C(O)C1O)C(O)/C=C/CC/C=C/CC/C=C/CCCCCCCCCCCCCC. The third-order valence-electron chi connectivity index (χ3n) is 21.3. The van der Waals surface area contributed by atoms with E-state index in [1.807, 2.05) is 6.08 Å². The molecule has 3 heterocycles. The Morgan fingerprint density at radius 3 is 0.962 bits per heavy atom. The molecule has 3 aliphatic heterocycles. The number of carbonyl (C=O) groups excluding carboxylic acids is 1. The van der Waals surface area contributed by atoms with E-state index in [0.717, 1.165) is 44.9 Å². The van der Waals surface area contributed by atoms with Crippen LogP contribution in [-0.4, -0.2) is 193 Å². The summed E-state index contributed by atoms with van der Waals surface area (Å²) < 4.78 is 34.4. The Labute approximate surface area is 631 Å². The van der Waals surface area contributed by atoms with E-state index in [2.05, 4.69) is 55.6 Å². The highest BCUT2D eigenvalue weighted by atomic mass is 16.8. The molecule has 0 saturated carbocycles. The van der Waals surface area contributed by atoms with Crippen LogP contribution < -0.4 is 5.32 Å². The summed E-state index contributed by atoms with van der Waals surface area (Å²) in [5.41, 5.74) is 0. The number of nitrogens with one attached hydrogen (secondary N) is 1. The summed E-state index contributed by atoms with van der Waals surface area (Å²) in [4.78, 5) is 13.5. The van der Waals surface area contributed by atoms with Crippen LogP contribution in [-0.2, 0) is 33.2 Å². The van der Waals surface area contributed by atoms with Gasteiger partial charge in [0.25, 0.3) is 0 Å². The Morgan fingerprint density at radius 2 is 0.615 bits per heavy atom. The average Bonchev–Trinajstić information content (AvgIpc) is 0.783. The van der Waals surface area contributed by atoms with Crippen molar-refractivity contribution in [3.63, 3.8) is 0 Å². The molecule has 3 fully saturated rings. The molecule has 0 bridgehead atoms. The topological polar surface area (TPSA) is 307 Å². The van der Waals surface area contributed by atoms with Gasteiger partial charge in [0, 0.05) is 6.42 Å². The molecule has 17 unspecified atom stereocenters. The van der Waals surface area contributed by atoms with Gasteiger partial charge in [0.2, 0.25) is 5.91 Å². The smallest absolute Gasteiger partial charge is 0.220 e. The molecular weight excluding hydrogens is 1320 g/mol. The first-order valence-electron chi connectivity index (χ1n) is 42.9. The van der Waals surface area contributed by atoms with Crippen LogP contribution in [0.2, 0.25) is 0 Å². The molecule has 3 aliphatic rings. The minimum Gasteiger partial charge on any atom is -0.394 e. The maximum absolute atomic E-state index is 13.5. The molecule has 19 heteroatoms. The summed E-state index contributed by atoms with van der Waals surface area (Å²) >= 11 is 0. The second-order valence-corrected chi connectivity index (χ2v) is 30.6. The molecule has 610 valence electrons. The van der Waals surface area contributed by atoms with Crippen LogP contribution in [0.1, 0.15) is 354 Å². The van der Waals surface area contributed by atoms with Crippen molar-refractivity contribution < 1.29 is 89.4 Å². The Kier molecular flexibility index (Phi) is 60.4. The van der Waals surface area contributed by atoms with Gasteiger partial charge in [-0.05, 0) is 70.6 Å². The van der Waals surface area contributed by atoms with Gasteiger partial charge in [-0.3, -0.25) is 4.79 Å². The lowest BCUT2D eigenvalue weighted by Gasteiger charge is -2.48. The molecule has 0 aliphatic carbocycles. The van der Waals surface area contributed by atoms with Gasteiger partial charge in [-0.2, -0.15) is 0 Å². The van der Waals surface area contributed by atoms with Crippen molar-refractivity contribution in [1.82, 2.24) is 5.32 Å². The van der Waals surface area contributed by atoms with Crippen LogP contribution in [0.4, 0.5) is 0 Å². The maximum atomic E-state index is 13.5. The Bertz CT molecular complexity index is 2060. The molecule has 3 rings (SSSR count). The summed E-state index contributed by atoms with van der Waals surface area (Å²) in [6.45, 7) is 1.76. The first kappa shape index (κ1) is 96.0. The first-order valence-corrected chi connectivity index (χ1v) is 42.9. The Morgan fingerprint density at radius 1 is 0.337 bits per heavy atom. The van der Waals surface area contributed by atoms with E-state index in [1.165, 1.54) is 276 Å². The summed E-state index contributed by atoms with van der Waals surface area (Å²) in [5.74, 6) is -0.283. The number of hydrogen-bond donors (Lipinski definition) is 12. The number of allylic oxidation sites excluding steroid dienone is 7. The summed E-state index contributed by atoms with van der Waals surface area (Å²) in [6.07, 6.45) is 57.0. The second kappa shape index (κ2) is 65.5. The van der Waals surface area contributed by atoms with Crippen LogP contribution in [0.25, 0.3) is 0 Å². The summed E-state index contributed by atoms with van der Waals surface area (Å²) in [6, 6.07) is -0.997. The zero-order chi connectivity index (χ0) is 75.3. The summed E-state index contributed by atoms with van der Waals surface area (Å²) in [7, 11) is 0. The predicted molar refractivity (Wildman–Crippen MR) is 416 cm³/mol. The van der Waals surface area contributed by atoms with Crippen LogP contribution in [0.15, 0.2) is 48.6 Å². The van der Waals surface area contributed by atoms with Crippen LogP contribution >= 0.6 is 0 Å². The van der Waals surface area contributed by atoms with Crippen molar-refractivity contribution in [3.05, 3.63) is 48.6 Å². The van der Waals surface area contributed by atoms with Crippen molar-refractivity contribution in [3.8, 4) is 0 Å². The molecule has 0 aromatic rings. The molecule has 0 aromatic heterocycles. The highest BCUT2D eigenvalue weighted by molar-refractivity contribution is 5.76. The number of carbonyl (C=O) groups is 1. The number of aliphatic hydroxyl groups excluding tert-OH is 11. The fourth-order valence-electron chi connectivity index (χ4n) is 14.5. The lowest BCUT2D eigenvalue weighted by Crippen LogP contribution is -2.66. The van der Waals surface area contributed by atoms with Gasteiger partial charge in [-0.15, -0.1) is 0 Å². The lowest BCUT2D eigenvalue weighted by atomic mass is 9.96. The van der Waals surface area contributed by atoms with E-state index in [0.29, 0.717) is 12.8 Å². The monoisotopic (exact) mass is 1480 g/mol. The third kappa shape index (κ3) is 44.6. The molecule has 0 radical (unpaired) electrons. The standard InChI is InChI=1S/C85H157NO18/c1-3-5-7-9-11-13-15-17-19-21-23-25-27-28-29-30-31-32-33-34-35-36-37-38-39-40-41-43-45-47-49-51-53-55-57-59-61-63-73(91)86-68(69(90)62-60-58-56-54-52-50-48-46-44-42-26-24-22-20-18-16-14-12-10-8-6-4-2)67-99-83-79(97)76(94)81(71(65-88)101-83)104-85-80(98)77(95)82(72(66-89)102-85)103-84-78(96)75(93)74(92)70(64-87)100-84/h21,23,44,46,52,54,60,62,68-72,74-85,87-90,92-98H,3-20,22,24-43,45,47-51,53,55-59,61,63-67H2,1-2H3,(H,86,91)/b23-21-,46-44+,54-52+,62-60+. The highest BCUT2D eigenvalue weighted by Gasteiger charge is 2.54. The molecule has 12 N–H and O–H groups in total. The quantitative estimate of drug-likeness (QED) is 0.0199. The molecule has 0 spiro atoms. The molecule has 19 nitrogen and oxygen atoms in total. The molecular formula is C85H157NO18. The van der Waals surface area contributed by atoms with Crippen molar-refractivity contribution in [2.75, 3.05) is 26.4 Å². The minimum atomic E-state index is -1.98. The Balaban J connectivity index is 1.33. The van der Waals surface area contributed by atoms with E-state index in [9.17, 15) is 61.0 Å². The fraction of sp³-hybridized carbons (Fsp3) is 0.894. The van der Waals surface area contributed by atoms with Crippen molar-refractivity contribution >= 4 is 5.91 Å². The number of ether oxygens (including phenoxy) is 6. The lowest BCUT2D eigenvalue weighted by molar-refractivity contribution is -0.379. The number of rotatable bonds is 69. The largest absolute Gasteiger partial charge is 0.394 e. The molecule has 104 heavy (non-hydrogen) atoms. The Hall–Kier alpha value is -2.25. The van der Waals surface area contributed by atoms with Gasteiger partial charge in [0.15, 0.2) is 18.9 Å². The van der Waals surface area contributed by atoms with Crippen molar-refractivity contribution in [2.45, 2.75) is 458 Å². The molecule has 17 atom stereocenters. The molecule has 0 aromatic carbocycles. The van der Waals surface area contributed by atoms with Crippen LogP contribution in [0.5, 0.6) is 0 Å². The second-order valence-electron chi connectivity index (χ2n) is 30.6. The van der Waals surface area contributed by atoms with E-state index in [4.69, 9.17) is 28.4 Å². The van der Waals surface area contributed by atoms with Gasteiger partial charge in [0.1, 0.15) is 73.2 Å². The summed E-state index contributed by atoms with van der Waals surface area (Å²) in [5, 5.41) is 121. The maximum Gasteiger partial charge on any atom is 0.220 e. The van der Waals surface area contributed by atoms with E-state index in [-0.39, 0.29) is 18.9 Å². The average molecular weight is 1480 g/mol. The minimum absolute atomic E-state index is 0.235. The van der Waals surface area contributed by atoms with E-state index in [1.54, 1.807) is 6.08 Å². The number of unbranched alkanes of at least 4 members (excludes halogenated alkanes) is 47. The number of hydrogen-bond acceptors (Lipinski definition) is 18. The fourth-order valence-corrected chi connectivity index (χ4v) is 14.5. The van der Waals surface area contributed by atoms with Crippen molar-refractivity contribution in [2.24, 2.45) is 0 Å². The normalized spacial score (nSPS) is 26.1. The van der Waals surface area contributed by atoms with Gasteiger partial charge >= 0.3 is 0 Å². The van der Waals surface area contributed by atoms with E-state index >= 15 is 0 Å². The van der Waals surface area contributed by atoms with Gasteiger partial charge < -0.3 is 89.9 Å². The molecule has 3 saturated heterocycles. The highest BCUT2D eigenvalue weighted by Crippen LogP contribution is 2.33. The van der Waals surface area contributed by atoms with Crippen molar-refractivity contribution in [1.29, 1.82) is 0 Å². The molecule has 1 amide bonds. The van der Waals surface area contributed by atoms with Gasteiger partial charge in [0.05, 0.1) is 38.6 Å². The first-order chi connectivity index (χ1) is 50.8. The van der Waals surface area contributed by atoms with Gasteiger partial charge in [-0.1, -0.05) is 326 Å². The van der Waals surface area contributed by atoms with Crippen LogP contribution in [0.3, 0.4) is 0 Å². The van der Waals surface area contributed by atoms with E-state index < -0.39 is 124 Å². The number of amides is 1. The number of aliphatic hydroxyl groups is 11. The van der Waals surface area contributed by atoms with Crippen LogP contribution in [0, 0.1) is 0 Å². The zero-order valence-corrected chi connectivity index (χ0v) is 65.5.